The van der Waals surface area contributed by atoms with E-state index in [1.165, 1.54) is 12.1 Å². The van der Waals surface area contributed by atoms with Gasteiger partial charge in [-0.3, -0.25) is 10.1 Å². The molecule has 20 heavy (non-hydrogen) atoms. The van der Waals surface area contributed by atoms with Crippen molar-refractivity contribution in [2.24, 2.45) is 11.1 Å². The standard InChI is InChI=1S/C12H17N3O4S/c1-8-2-3-9(6-8)14-11-5-4-10(15(16)17)7-12(11)20(13,18)19/h4-5,7-9,14H,2-3,6H2,1H3,(H2,13,18,19). The monoisotopic (exact) mass is 299 g/mol. The van der Waals surface area contributed by atoms with Crippen LogP contribution in [0, 0.1) is 16.0 Å². The summed E-state index contributed by atoms with van der Waals surface area (Å²) < 4.78 is 23.2. The molecule has 0 aliphatic heterocycles. The normalized spacial score (nSPS) is 22.7. The van der Waals surface area contributed by atoms with Crippen LogP contribution in [0.4, 0.5) is 11.4 Å². The van der Waals surface area contributed by atoms with Crippen molar-refractivity contribution in [1.82, 2.24) is 0 Å². The van der Waals surface area contributed by atoms with E-state index in [9.17, 15) is 18.5 Å². The Morgan fingerprint density at radius 3 is 2.60 bits per heavy atom. The molecule has 0 amide bonds. The molecule has 0 bridgehead atoms. The van der Waals surface area contributed by atoms with Crippen molar-refractivity contribution >= 4 is 21.4 Å². The molecule has 1 aliphatic rings. The van der Waals surface area contributed by atoms with Crippen molar-refractivity contribution in [2.45, 2.75) is 37.1 Å². The predicted molar refractivity (Wildman–Crippen MR) is 74.9 cm³/mol. The third kappa shape index (κ3) is 3.26. The number of nitrogens with two attached hydrogens (primary N) is 1. The number of hydrogen-bond acceptors (Lipinski definition) is 5. The van der Waals surface area contributed by atoms with E-state index in [0.717, 1.165) is 25.3 Å². The lowest BCUT2D eigenvalue weighted by atomic mass is 10.1. The van der Waals surface area contributed by atoms with Crippen molar-refractivity contribution in [2.75, 3.05) is 5.32 Å². The molecule has 8 heteroatoms. The van der Waals surface area contributed by atoms with Gasteiger partial charge in [0.1, 0.15) is 4.90 Å². The van der Waals surface area contributed by atoms with Gasteiger partial charge in [-0.2, -0.15) is 0 Å². The number of nitro benzene ring substituents is 1. The number of rotatable bonds is 4. The van der Waals surface area contributed by atoms with E-state index < -0.39 is 14.9 Å². The van der Waals surface area contributed by atoms with Gasteiger partial charge in [-0.1, -0.05) is 6.92 Å². The summed E-state index contributed by atoms with van der Waals surface area (Å²) in [5.41, 5.74) is 0.0385. The Hall–Kier alpha value is -1.67. The topological polar surface area (TPSA) is 115 Å². The summed E-state index contributed by atoms with van der Waals surface area (Å²) in [5.74, 6) is 0.587. The van der Waals surface area contributed by atoms with Crippen molar-refractivity contribution in [1.29, 1.82) is 0 Å². The third-order valence-corrected chi connectivity index (χ3v) is 4.49. The molecule has 2 rings (SSSR count). The molecular weight excluding hydrogens is 282 g/mol. The third-order valence-electron chi connectivity index (χ3n) is 3.54. The zero-order valence-electron chi connectivity index (χ0n) is 11.1. The number of hydrogen-bond donors (Lipinski definition) is 2. The van der Waals surface area contributed by atoms with E-state index >= 15 is 0 Å². The van der Waals surface area contributed by atoms with Gasteiger partial charge in [0, 0.05) is 18.2 Å². The van der Waals surface area contributed by atoms with Gasteiger partial charge in [-0.15, -0.1) is 0 Å². The van der Waals surface area contributed by atoms with Crippen LogP contribution in [0.5, 0.6) is 0 Å². The van der Waals surface area contributed by atoms with E-state index in [0.29, 0.717) is 11.6 Å². The molecule has 0 heterocycles. The molecule has 3 N–H and O–H groups in total. The van der Waals surface area contributed by atoms with Crippen molar-refractivity contribution in [3.8, 4) is 0 Å². The second-order valence-corrected chi connectivity index (χ2v) is 6.77. The lowest BCUT2D eigenvalue weighted by Gasteiger charge is -2.16. The molecule has 0 saturated heterocycles. The molecule has 1 aliphatic carbocycles. The molecule has 1 aromatic carbocycles. The lowest BCUT2D eigenvalue weighted by Crippen LogP contribution is -2.20. The molecule has 2 atom stereocenters. The first kappa shape index (κ1) is 14.7. The second kappa shape index (κ2) is 5.37. The first-order valence-electron chi connectivity index (χ1n) is 6.35. The van der Waals surface area contributed by atoms with Crippen LogP contribution in [0.3, 0.4) is 0 Å². The lowest BCUT2D eigenvalue weighted by molar-refractivity contribution is -0.385. The zero-order chi connectivity index (χ0) is 14.9. The van der Waals surface area contributed by atoms with Gasteiger partial charge in [0.2, 0.25) is 10.0 Å². The number of nitrogens with zero attached hydrogens (tertiary/aromatic N) is 1. The first-order valence-corrected chi connectivity index (χ1v) is 7.90. The highest BCUT2D eigenvalue weighted by molar-refractivity contribution is 7.89. The van der Waals surface area contributed by atoms with Crippen LogP contribution in [-0.4, -0.2) is 19.4 Å². The molecule has 2 unspecified atom stereocenters. The summed E-state index contributed by atoms with van der Waals surface area (Å²) in [6, 6.07) is 3.85. The van der Waals surface area contributed by atoms with Crippen molar-refractivity contribution in [3.63, 3.8) is 0 Å². The minimum absolute atomic E-state index is 0.173. The summed E-state index contributed by atoms with van der Waals surface area (Å²) >= 11 is 0. The maximum atomic E-state index is 11.6. The van der Waals surface area contributed by atoms with E-state index in [1.807, 2.05) is 0 Å². The van der Waals surface area contributed by atoms with Crippen LogP contribution in [0.15, 0.2) is 23.1 Å². The Morgan fingerprint density at radius 2 is 2.10 bits per heavy atom. The second-order valence-electron chi connectivity index (χ2n) is 5.24. The van der Waals surface area contributed by atoms with Gasteiger partial charge in [-0.25, -0.2) is 13.6 Å². The maximum Gasteiger partial charge on any atom is 0.270 e. The SMILES string of the molecule is CC1CCC(Nc2ccc([N+](=O)[O-])cc2S(N)(=O)=O)C1. The zero-order valence-corrected chi connectivity index (χ0v) is 11.9. The van der Waals surface area contributed by atoms with Crippen LogP contribution in [-0.2, 0) is 10.0 Å². The fourth-order valence-electron chi connectivity index (χ4n) is 2.54. The number of nitro groups is 1. The van der Waals surface area contributed by atoms with Gasteiger partial charge in [0.05, 0.1) is 10.6 Å². The Kier molecular flexibility index (Phi) is 3.96. The Morgan fingerprint density at radius 1 is 1.40 bits per heavy atom. The quantitative estimate of drug-likeness (QED) is 0.650. The maximum absolute atomic E-state index is 11.6. The molecule has 1 saturated carbocycles. The highest BCUT2D eigenvalue weighted by atomic mass is 32.2. The number of anilines is 1. The smallest absolute Gasteiger partial charge is 0.270 e. The van der Waals surface area contributed by atoms with Crippen LogP contribution in [0.2, 0.25) is 0 Å². The number of nitrogens with one attached hydrogen (secondary N) is 1. The first-order chi connectivity index (χ1) is 9.27. The van der Waals surface area contributed by atoms with Gasteiger partial charge < -0.3 is 5.32 Å². The van der Waals surface area contributed by atoms with Gasteiger partial charge in [0.25, 0.3) is 5.69 Å². The van der Waals surface area contributed by atoms with E-state index in [4.69, 9.17) is 5.14 Å². The van der Waals surface area contributed by atoms with Crippen molar-refractivity contribution in [3.05, 3.63) is 28.3 Å². The van der Waals surface area contributed by atoms with Crippen LogP contribution in [0.25, 0.3) is 0 Å². The van der Waals surface area contributed by atoms with Gasteiger partial charge >= 0.3 is 0 Å². The summed E-state index contributed by atoms with van der Waals surface area (Å²) in [5, 5.41) is 19.0. The van der Waals surface area contributed by atoms with E-state index in [-0.39, 0.29) is 16.6 Å². The summed E-state index contributed by atoms with van der Waals surface area (Å²) in [7, 11) is -4.01. The Balaban J connectivity index is 2.34. The molecule has 0 spiro atoms. The van der Waals surface area contributed by atoms with Crippen LogP contribution in [0.1, 0.15) is 26.2 Å². The van der Waals surface area contributed by atoms with Gasteiger partial charge in [0.15, 0.2) is 0 Å². The minimum atomic E-state index is -4.01. The van der Waals surface area contributed by atoms with Crippen molar-refractivity contribution < 1.29 is 13.3 Å². The number of sulfonamides is 1. The fourth-order valence-corrected chi connectivity index (χ4v) is 3.26. The van der Waals surface area contributed by atoms with E-state index in [1.54, 1.807) is 0 Å². The Bertz CT molecular complexity index is 630. The molecule has 7 nitrogen and oxygen atoms in total. The summed E-state index contributed by atoms with van der Waals surface area (Å²) in [6.07, 6.45) is 2.97. The number of benzene rings is 1. The Labute approximate surface area is 117 Å². The summed E-state index contributed by atoms with van der Waals surface area (Å²) in [4.78, 5) is 9.86. The molecular formula is C12H17N3O4S. The molecule has 0 radical (unpaired) electrons. The molecule has 1 fully saturated rings. The highest BCUT2D eigenvalue weighted by Gasteiger charge is 2.24. The average Bonchev–Trinajstić information content (AvgIpc) is 2.73. The average molecular weight is 299 g/mol. The summed E-state index contributed by atoms with van der Waals surface area (Å²) in [6.45, 7) is 2.14. The van der Waals surface area contributed by atoms with Crippen LogP contribution >= 0.6 is 0 Å². The predicted octanol–water partition coefficient (Wildman–Crippen LogP) is 1.84. The molecule has 1 aromatic rings. The fraction of sp³-hybridized carbons (Fsp3) is 0.500. The minimum Gasteiger partial charge on any atom is -0.381 e. The van der Waals surface area contributed by atoms with Crippen LogP contribution < -0.4 is 10.5 Å². The number of non-ortho nitro benzene ring substituents is 1. The number of primary sulfonamides is 1. The van der Waals surface area contributed by atoms with E-state index in [2.05, 4.69) is 12.2 Å². The molecule has 110 valence electrons. The van der Waals surface area contributed by atoms with Gasteiger partial charge in [-0.05, 0) is 31.2 Å². The highest BCUT2D eigenvalue weighted by Crippen LogP contribution is 2.31. The molecule has 0 aromatic heterocycles. The largest absolute Gasteiger partial charge is 0.381 e.